The third-order valence-electron chi connectivity index (χ3n) is 2.86. The molecular formula is C13H18N2S. The monoisotopic (exact) mass is 234 g/mol. The average molecular weight is 234 g/mol. The molecule has 16 heavy (non-hydrogen) atoms. The maximum atomic E-state index is 4.60. The standard InChI is InChI=1S/C13H18N2S/c1-4-10(5-2)14-13-15-11-7-6-9(3)8-12(11)16-13/h6-8,10H,4-5H2,1-3H3,(H,14,15). The van der Waals surface area contributed by atoms with Gasteiger partial charge in [0.15, 0.2) is 5.13 Å². The molecule has 0 aliphatic carbocycles. The van der Waals surface area contributed by atoms with Crippen LogP contribution < -0.4 is 5.32 Å². The van der Waals surface area contributed by atoms with Gasteiger partial charge in [-0.05, 0) is 37.5 Å². The van der Waals surface area contributed by atoms with Crippen LogP contribution in [0.3, 0.4) is 0 Å². The minimum Gasteiger partial charge on any atom is -0.359 e. The second-order valence-corrected chi connectivity index (χ2v) is 5.18. The summed E-state index contributed by atoms with van der Waals surface area (Å²) in [5, 5.41) is 4.54. The molecule has 0 spiro atoms. The lowest BCUT2D eigenvalue weighted by molar-refractivity contribution is 0.671. The fraction of sp³-hybridized carbons (Fsp3) is 0.462. The zero-order valence-electron chi connectivity index (χ0n) is 10.1. The topological polar surface area (TPSA) is 24.9 Å². The molecule has 1 N–H and O–H groups in total. The molecule has 0 atom stereocenters. The van der Waals surface area contributed by atoms with Crippen molar-refractivity contribution in [3.8, 4) is 0 Å². The SMILES string of the molecule is CCC(CC)Nc1nc2ccc(C)cc2s1. The first-order valence-corrected chi connectivity index (χ1v) is 6.68. The van der Waals surface area contributed by atoms with Crippen molar-refractivity contribution in [3.05, 3.63) is 23.8 Å². The highest BCUT2D eigenvalue weighted by atomic mass is 32.1. The van der Waals surface area contributed by atoms with Gasteiger partial charge in [-0.2, -0.15) is 0 Å². The Bertz CT molecular complexity index is 472. The van der Waals surface area contributed by atoms with Gasteiger partial charge < -0.3 is 5.32 Å². The van der Waals surface area contributed by atoms with E-state index < -0.39 is 0 Å². The molecule has 0 saturated heterocycles. The van der Waals surface area contributed by atoms with Crippen molar-refractivity contribution in [3.63, 3.8) is 0 Å². The molecule has 2 rings (SSSR count). The van der Waals surface area contributed by atoms with E-state index in [1.165, 1.54) is 10.3 Å². The number of fused-ring (bicyclic) bond motifs is 1. The minimum absolute atomic E-state index is 0.543. The Kier molecular flexibility index (Phi) is 3.44. The van der Waals surface area contributed by atoms with E-state index in [0.717, 1.165) is 23.5 Å². The zero-order valence-corrected chi connectivity index (χ0v) is 10.9. The van der Waals surface area contributed by atoms with Gasteiger partial charge in [0.05, 0.1) is 10.2 Å². The van der Waals surface area contributed by atoms with Gasteiger partial charge in [-0.3, -0.25) is 0 Å². The Balaban J connectivity index is 2.25. The first kappa shape index (κ1) is 11.4. The summed E-state index contributed by atoms with van der Waals surface area (Å²) in [5.74, 6) is 0. The molecule has 2 nitrogen and oxygen atoms in total. The molecule has 0 bridgehead atoms. The normalized spacial score (nSPS) is 11.2. The molecule has 86 valence electrons. The minimum atomic E-state index is 0.543. The maximum Gasteiger partial charge on any atom is 0.184 e. The summed E-state index contributed by atoms with van der Waals surface area (Å²) in [6.07, 6.45) is 2.29. The van der Waals surface area contributed by atoms with Crippen molar-refractivity contribution in [1.82, 2.24) is 4.98 Å². The molecule has 1 heterocycles. The van der Waals surface area contributed by atoms with Crippen LogP contribution in [-0.4, -0.2) is 11.0 Å². The highest BCUT2D eigenvalue weighted by Gasteiger charge is 2.07. The summed E-state index contributed by atoms with van der Waals surface area (Å²) in [6.45, 7) is 6.53. The molecule has 0 amide bonds. The number of thiazole rings is 1. The van der Waals surface area contributed by atoms with E-state index in [1.54, 1.807) is 11.3 Å². The Morgan fingerprint density at radius 3 is 2.75 bits per heavy atom. The van der Waals surface area contributed by atoms with Crippen LogP contribution in [0.2, 0.25) is 0 Å². The van der Waals surface area contributed by atoms with Crippen LogP contribution in [0.15, 0.2) is 18.2 Å². The molecule has 1 aromatic carbocycles. The van der Waals surface area contributed by atoms with Crippen molar-refractivity contribution in [1.29, 1.82) is 0 Å². The van der Waals surface area contributed by atoms with Gasteiger partial charge in [0.25, 0.3) is 0 Å². The average Bonchev–Trinajstić information content (AvgIpc) is 2.67. The number of anilines is 1. The molecule has 0 radical (unpaired) electrons. The number of rotatable bonds is 4. The van der Waals surface area contributed by atoms with E-state index in [2.05, 4.69) is 49.3 Å². The molecule has 0 aliphatic rings. The van der Waals surface area contributed by atoms with Crippen molar-refractivity contribution in [2.75, 3.05) is 5.32 Å². The molecule has 2 aromatic rings. The third kappa shape index (κ3) is 2.35. The van der Waals surface area contributed by atoms with Crippen LogP contribution in [0.1, 0.15) is 32.3 Å². The van der Waals surface area contributed by atoms with Gasteiger partial charge >= 0.3 is 0 Å². The highest BCUT2D eigenvalue weighted by molar-refractivity contribution is 7.22. The van der Waals surface area contributed by atoms with E-state index in [4.69, 9.17) is 0 Å². The van der Waals surface area contributed by atoms with Crippen molar-refractivity contribution in [2.24, 2.45) is 0 Å². The van der Waals surface area contributed by atoms with E-state index >= 15 is 0 Å². The lowest BCUT2D eigenvalue weighted by Crippen LogP contribution is -2.16. The molecular weight excluding hydrogens is 216 g/mol. The lowest BCUT2D eigenvalue weighted by Gasteiger charge is -2.12. The second-order valence-electron chi connectivity index (χ2n) is 4.15. The zero-order chi connectivity index (χ0) is 11.5. The number of hydrogen-bond donors (Lipinski definition) is 1. The number of hydrogen-bond acceptors (Lipinski definition) is 3. The smallest absolute Gasteiger partial charge is 0.184 e. The van der Waals surface area contributed by atoms with Crippen LogP contribution in [0.5, 0.6) is 0 Å². The molecule has 0 unspecified atom stereocenters. The van der Waals surface area contributed by atoms with E-state index in [9.17, 15) is 0 Å². The lowest BCUT2D eigenvalue weighted by atomic mass is 10.2. The Morgan fingerprint density at radius 1 is 1.31 bits per heavy atom. The summed E-state index contributed by atoms with van der Waals surface area (Å²) in [4.78, 5) is 4.60. The summed E-state index contributed by atoms with van der Waals surface area (Å²) < 4.78 is 1.27. The van der Waals surface area contributed by atoms with Gasteiger partial charge in [0.1, 0.15) is 0 Å². The number of nitrogens with zero attached hydrogens (tertiary/aromatic N) is 1. The number of benzene rings is 1. The van der Waals surface area contributed by atoms with Gasteiger partial charge in [0, 0.05) is 6.04 Å². The number of aryl methyl sites for hydroxylation is 1. The Hall–Kier alpha value is -1.09. The van der Waals surface area contributed by atoms with Crippen LogP contribution in [0.4, 0.5) is 5.13 Å². The van der Waals surface area contributed by atoms with E-state index in [-0.39, 0.29) is 0 Å². The predicted molar refractivity (Wildman–Crippen MR) is 72.3 cm³/mol. The predicted octanol–water partition coefficient (Wildman–Crippen LogP) is 4.21. The van der Waals surface area contributed by atoms with Crippen LogP contribution in [0.25, 0.3) is 10.2 Å². The van der Waals surface area contributed by atoms with E-state index in [0.29, 0.717) is 6.04 Å². The second kappa shape index (κ2) is 4.83. The largest absolute Gasteiger partial charge is 0.359 e. The van der Waals surface area contributed by atoms with Gasteiger partial charge in [-0.15, -0.1) is 0 Å². The first-order chi connectivity index (χ1) is 7.72. The molecule has 3 heteroatoms. The molecule has 1 aromatic heterocycles. The van der Waals surface area contributed by atoms with Gasteiger partial charge in [-0.25, -0.2) is 4.98 Å². The van der Waals surface area contributed by atoms with Gasteiger partial charge in [0.2, 0.25) is 0 Å². The Morgan fingerprint density at radius 2 is 2.06 bits per heavy atom. The van der Waals surface area contributed by atoms with Crippen molar-refractivity contribution in [2.45, 2.75) is 39.7 Å². The van der Waals surface area contributed by atoms with Crippen molar-refractivity contribution >= 4 is 26.7 Å². The highest BCUT2D eigenvalue weighted by Crippen LogP contribution is 2.27. The van der Waals surface area contributed by atoms with Crippen LogP contribution in [0, 0.1) is 6.92 Å². The molecule has 0 aliphatic heterocycles. The third-order valence-corrected chi connectivity index (χ3v) is 3.81. The molecule has 0 fully saturated rings. The summed E-state index contributed by atoms with van der Waals surface area (Å²) in [7, 11) is 0. The van der Waals surface area contributed by atoms with Crippen LogP contribution >= 0.6 is 11.3 Å². The summed E-state index contributed by atoms with van der Waals surface area (Å²) in [6, 6.07) is 6.95. The number of nitrogens with one attached hydrogen (secondary N) is 1. The summed E-state index contributed by atoms with van der Waals surface area (Å²) >= 11 is 1.75. The fourth-order valence-corrected chi connectivity index (χ4v) is 2.80. The number of aromatic nitrogens is 1. The van der Waals surface area contributed by atoms with E-state index in [1.807, 2.05) is 0 Å². The molecule has 0 saturated carbocycles. The van der Waals surface area contributed by atoms with Crippen molar-refractivity contribution < 1.29 is 0 Å². The fourth-order valence-electron chi connectivity index (χ4n) is 1.76. The summed E-state index contributed by atoms with van der Waals surface area (Å²) in [5.41, 5.74) is 2.40. The Labute approximate surface area is 101 Å². The van der Waals surface area contributed by atoms with Gasteiger partial charge in [-0.1, -0.05) is 31.3 Å². The van der Waals surface area contributed by atoms with Crippen LogP contribution in [-0.2, 0) is 0 Å². The quantitative estimate of drug-likeness (QED) is 0.857. The maximum absolute atomic E-state index is 4.60. The first-order valence-electron chi connectivity index (χ1n) is 5.86.